The summed E-state index contributed by atoms with van der Waals surface area (Å²) in [6, 6.07) is 19.2. The van der Waals surface area contributed by atoms with E-state index in [9.17, 15) is 17.6 Å². The lowest BCUT2D eigenvalue weighted by Gasteiger charge is -2.28. The van der Waals surface area contributed by atoms with E-state index in [1.807, 2.05) is 23.9 Å². The second-order valence-corrected chi connectivity index (χ2v) is 10.5. The van der Waals surface area contributed by atoms with Gasteiger partial charge in [0.25, 0.3) is 15.9 Å². The second-order valence-electron chi connectivity index (χ2n) is 7.56. The molecule has 1 heterocycles. The van der Waals surface area contributed by atoms with Crippen LogP contribution < -0.4 is 14.9 Å². The fourth-order valence-electron chi connectivity index (χ4n) is 3.48. The standard InChI is InChI=1S/C24H24FN3O3S2/c25-22-6-1-2-7-23(22)27-33(30,31)21-5-3-4-19(16-21)24(29)26-17-18-8-10-20(11-9-18)28-12-14-32-15-13-28/h1-11,16,27H,12-15,17H2,(H,26,29). The molecule has 2 N–H and O–H groups in total. The maximum Gasteiger partial charge on any atom is 0.262 e. The van der Waals surface area contributed by atoms with Gasteiger partial charge in [-0.1, -0.05) is 30.3 Å². The number of para-hydroxylation sites is 1. The van der Waals surface area contributed by atoms with Gasteiger partial charge in [0.1, 0.15) is 5.82 Å². The molecular formula is C24H24FN3O3S2. The number of amides is 1. The van der Waals surface area contributed by atoms with E-state index in [0.717, 1.165) is 30.2 Å². The average Bonchev–Trinajstić information content (AvgIpc) is 2.85. The fourth-order valence-corrected chi connectivity index (χ4v) is 5.50. The molecule has 1 amide bonds. The summed E-state index contributed by atoms with van der Waals surface area (Å²) < 4.78 is 41.4. The molecule has 0 bridgehead atoms. The van der Waals surface area contributed by atoms with Crippen LogP contribution in [0.25, 0.3) is 0 Å². The lowest BCUT2D eigenvalue weighted by molar-refractivity contribution is 0.0950. The van der Waals surface area contributed by atoms with E-state index < -0.39 is 21.7 Å². The van der Waals surface area contributed by atoms with E-state index >= 15 is 0 Å². The molecule has 4 rings (SSSR count). The zero-order chi connectivity index (χ0) is 23.3. The van der Waals surface area contributed by atoms with Crippen molar-refractivity contribution in [3.63, 3.8) is 0 Å². The Bertz CT molecular complexity index is 1230. The van der Waals surface area contributed by atoms with Crippen molar-refractivity contribution >= 4 is 39.1 Å². The van der Waals surface area contributed by atoms with Crippen LogP contribution >= 0.6 is 11.8 Å². The van der Waals surface area contributed by atoms with Crippen LogP contribution in [0.4, 0.5) is 15.8 Å². The Labute approximate surface area is 197 Å². The maximum absolute atomic E-state index is 13.8. The van der Waals surface area contributed by atoms with Gasteiger partial charge in [-0.25, -0.2) is 12.8 Å². The van der Waals surface area contributed by atoms with Gasteiger partial charge in [0.2, 0.25) is 0 Å². The summed E-state index contributed by atoms with van der Waals surface area (Å²) in [6.45, 7) is 2.39. The number of rotatable bonds is 7. The number of hydrogen-bond donors (Lipinski definition) is 2. The lowest BCUT2D eigenvalue weighted by Crippen LogP contribution is -2.32. The van der Waals surface area contributed by atoms with Crippen LogP contribution in [0.3, 0.4) is 0 Å². The highest BCUT2D eigenvalue weighted by Crippen LogP contribution is 2.21. The molecule has 0 aromatic heterocycles. The minimum atomic E-state index is -4.05. The highest BCUT2D eigenvalue weighted by molar-refractivity contribution is 7.99. The van der Waals surface area contributed by atoms with Crippen LogP contribution in [-0.2, 0) is 16.6 Å². The zero-order valence-corrected chi connectivity index (χ0v) is 19.5. The number of nitrogens with one attached hydrogen (secondary N) is 2. The number of sulfonamides is 1. The van der Waals surface area contributed by atoms with Crippen LogP contribution in [0.2, 0.25) is 0 Å². The first kappa shape index (κ1) is 23.1. The van der Waals surface area contributed by atoms with Crippen molar-refractivity contribution in [1.82, 2.24) is 5.32 Å². The largest absolute Gasteiger partial charge is 0.370 e. The first-order chi connectivity index (χ1) is 15.9. The summed E-state index contributed by atoms with van der Waals surface area (Å²) in [5.41, 5.74) is 2.17. The van der Waals surface area contributed by atoms with Gasteiger partial charge in [0.15, 0.2) is 0 Å². The Hall–Kier alpha value is -3.04. The predicted molar refractivity (Wildman–Crippen MR) is 131 cm³/mol. The van der Waals surface area contributed by atoms with Gasteiger partial charge in [-0.2, -0.15) is 11.8 Å². The molecule has 0 unspecified atom stereocenters. The minimum Gasteiger partial charge on any atom is -0.370 e. The summed E-state index contributed by atoms with van der Waals surface area (Å²) >= 11 is 1.96. The number of nitrogens with zero attached hydrogens (tertiary/aromatic N) is 1. The van der Waals surface area contributed by atoms with Crippen molar-refractivity contribution in [3.8, 4) is 0 Å². The number of carbonyl (C=O) groups is 1. The third kappa shape index (κ3) is 5.85. The molecule has 33 heavy (non-hydrogen) atoms. The molecule has 3 aromatic carbocycles. The van der Waals surface area contributed by atoms with Gasteiger partial charge < -0.3 is 10.2 Å². The Morgan fingerprint density at radius 1 is 0.970 bits per heavy atom. The highest BCUT2D eigenvalue weighted by Gasteiger charge is 2.18. The molecule has 1 saturated heterocycles. The molecular weight excluding hydrogens is 461 g/mol. The molecule has 0 aliphatic carbocycles. The summed E-state index contributed by atoms with van der Waals surface area (Å²) in [6.07, 6.45) is 0. The molecule has 6 nitrogen and oxygen atoms in total. The van der Waals surface area contributed by atoms with Gasteiger partial charge in [-0.05, 0) is 48.0 Å². The molecule has 0 spiro atoms. The molecule has 9 heteroatoms. The normalized spacial score (nSPS) is 14.0. The summed E-state index contributed by atoms with van der Waals surface area (Å²) in [4.78, 5) is 14.9. The van der Waals surface area contributed by atoms with Crippen molar-refractivity contribution in [2.24, 2.45) is 0 Å². The number of hydrogen-bond acceptors (Lipinski definition) is 5. The first-order valence-corrected chi connectivity index (χ1v) is 13.1. The third-order valence-corrected chi connectivity index (χ3v) is 7.60. The highest BCUT2D eigenvalue weighted by atomic mass is 32.2. The summed E-state index contributed by atoms with van der Waals surface area (Å²) in [7, 11) is -4.05. The number of thioether (sulfide) groups is 1. The first-order valence-electron chi connectivity index (χ1n) is 10.5. The van der Waals surface area contributed by atoms with Gasteiger partial charge in [0, 0.05) is 42.4 Å². The number of carbonyl (C=O) groups excluding carboxylic acids is 1. The Morgan fingerprint density at radius 3 is 2.42 bits per heavy atom. The summed E-state index contributed by atoms with van der Waals surface area (Å²) in [5.74, 6) is 1.18. The molecule has 0 saturated carbocycles. The zero-order valence-electron chi connectivity index (χ0n) is 17.8. The monoisotopic (exact) mass is 485 g/mol. The Kier molecular flexibility index (Phi) is 7.20. The van der Waals surface area contributed by atoms with E-state index in [2.05, 4.69) is 27.1 Å². The fraction of sp³-hybridized carbons (Fsp3) is 0.208. The Balaban J connectivity index is 1.40. The van der Waals surface area contributed by atoms with Gasteiger partial charge >= 0.3 is 0 Å². The van der Waals surface area contributed by atoms with Crippen LogP contribution in [-0.4, -0.2) is 38.9 Å². The van der Waals surface area contributed by atoms with E-state index in [-0.39, 0.29) is 16.1 Å². The number of benzene rings is 3. The van der Waals surface area contributed by atoms with E-state index in [0.29, 0.717) is 6.54 Å². The molecule has 1 aliphatic rings. The van der Waals surface area contributed by atoms with Crippen molar-refractivity contribution in [3.05, 3.63) is 89.7 Å². The number of anilines is 2. The Morgan fingerprint density at radius 2 is 1.70 bits per heavy atom. The van der Waals surface area contributed by atoms with Gasteiger partial charge in [0.05, 0.1) is 10.6 Å². The van der Waals surface area contributed by atoms with Crippen LogP contribution in [0, 0.1) is 5.82 Å². The predicted octanol–water partition coefficient (Wildman–Crippen LogP) is 4.11. The van der Waals surface area contributed by atoms with Gasteiger partial charge in [-0.3, -0.25) is 9.52 Å². The molecule has 3 aromatic rings. The van der Waals surface area contributed by atoms with E-state index in [4.69, 9.17) is 0 Å². The van der Waals surface area contributed by atoms with Crippen molar-refractivity contribution < 1.29 is 17.6 Å². The van der Waals surface area contributed by atoms with Crippen LogP contribution in [0.5, 0.6) is 0 Å². The smallest absolute Gasteiger partial charge is 0.262 e. The summed E-state index contributed by atoms with van der Waals surface area (Å²) in [5, 5.41) is 2.82. The molecule has 1 aliphatic heterocycles. The van der Waals surface area contributed by atoms with Crippen molar-refractivity contribution in [2.75, 3.05) is 34.2 Å². The van der Waals surface area contributed by atoms with Crippen molar-refractivity contribution in [2.45, 2.75) is 11.4 Å². The molecule has 1 fully saturated rings. The van der Waals surface area contributed by atoms with Gasteiger partial charge in [-0.15, -0.1) is 0 Å². The lowest BCUT2D eigenvalue weighted by atomic mass is 10.1. The maximum atomic E-state index is 13.8. The second kappa shape index (κ2) is 10.3. The third-order valence-electron chi connectivity index (χ3n) is 5.29. The van der Waals surface area contributed by atoms with E-state index in [1.165, 1.54) is 54.2 Å². The van der Waals surface area contributed by atoms with Crippen LogP contribution in [0.1, 0.15) is 15.9 Å². The SMILES string of the molecule is O=C(NCc1ccc(N2CCSCC2)cc1)c1cccc(S(=O)(=O)Nc2ccccc2F)c1. The van der Waals surface area contributed by atoms with E-state index in [1.54, 1.807) is 0 Å². The number of halogens is 1. The minimum absolute atomic E-state index is 0.123. The molecule has 0 radical (unpaired) electrons. The molecule has 0 atom stereocenters. The van der Waals surface area contributed by atoms with Crippen molar-refractivity contribution in [1.29, 1.82) is 0 Å². The topological polar surface area (TPSA) is 78.5 Å². The average molecular weight is 486 g/mol. The molecule has 172 valence electrons. The van der Waals surface area contributed by atoms with Crippen LogP contribution in [0.15, 0.2) is 77.7 Å². The quantitative estimate of drug-likeness (QED) is 0.527.